The second-order valence-electron chi connectivity index (χ2n) is 7.55. The van der Waals surface area contributed by atoms with Crippen LogP contribution in [0, 0.1) is 0 Å². The molecule has 2 aromatic carbocycles. The van der Waals surface area contributed by atoms with Crippen LogP contribution in [0.15, 0.2) is 53.1 Å². The lowest BCUT2D eigenvalue weighted by molar-refractivity contribution is -0.132. The molecule has 1 aliphatic rings. The van der Waals surface area contributed by atoms with E-state index in [0.29, 0.717) is 37.8 Å². The first-order chi connectivity index (χ1) is 15.3. The molecule has 9 nitrogen and oxygen atoms in total. The molecule has 9 heteroatoms. The van der Waals surface area contributed by atoms with E-state index in [0.717, 1.165) is 35.2 Å². The maximum atomic E-state index is 12.5. The number of rotatable bonds is 6. The summed E-state index contributed by atoms with van der Waals surface area (Å²) in [5, 5.41) is 14.9. The molecule has 1 amide bonds. The molecule has 0 bridgehead atoms. The molecule has 1 fully saturated rings. The zero-order valence-corrected chi connectivity index (χ0v) is 16.9. The van der Waals surface area contributed by atoms with E-state index in [1.165, 1.54) is 0 Å². The smallest absolute Gasteiger partial charge is 0.230 e. The predicted octanol–water partition coefficient (Wildman–Crippen LogP) is 3.18. The van der Waals surface area contributed by atoms with E-state index in [1.54, 1.807) is 0 Å². The average Bonchev–Trinajstić information content (AvgIpc) is 3.49. The summed E-state index contributed by atoms with van der Waals surface area (Å²) in [4.78, 5) is 19.0. The van der Waals surface area contributed by atoms with Gasteiger partial charge >= 0.3 is 0 Å². The highest BCUT2D eigenvalue weighted by Crippen LogP contribution is 2.29. The van der Waals surface area contributed by atoms with E-state index in [1.807, 2.05) is 53.4 Å². The third-order valence-corrected chi connectivity index (χ3v) is 5.54. The molecular formula is C22H22N6O3. The van der Waals surface area contributed by atoms with Crippen LogP contribution < -0.4 is 4.74 Å². The van der Waals surface area contributed by atoms with Gasteiger partial charge in [-0.2, -0.15) is 20.4 Å². The first-order valence-corrected chi connectivity index (χ1v) is 10.4. The number of nitrogens with one attached hydrogen (secondary N) is 1. The Morgan fingerprint density at radius 3 is 2.74 bits per heavy atom. The number of H-pyrrole nitrogens is 1. The molecule has 1 aliphatic heterocycles. The topological polar surface area (TPSA) is 110 Å². The van der Waals surface area contributed by atoms with Crippen molar-refractivity contribution in [2.45, 2.75) is 25.2 Å². The Labute approximate surface area is 178 Å². The van der Waals surface area contributed by atoms with E-state index < -0.39 is 0 Å². The molecule has 0 saturated carbocycles. The maximum absolute atomic E-state index is 12.5. The van der Waals surface area contributed by atoms with Crippen molar-refractivity contribution in [3.63, 3.8) is 0 Å². The third kappa shape index (κ3) is 4.25. The summed E-state index contributed by atoms with van der Waals surface area (Å²) in [6.07, 6.45) is 1.97. The number of likely N-dealkylation sites (tertiary alicyclic amines) is 1. The Kier molecular flexibility index (Phi) is 5.30. The number of aromatic nitrogens is 5. The second-order valence-corrected chi connectivity index (χ2v) is 7.55. The number of carbonyl (C=O) groups excluding carboxylic acids is 1. The van der Waals surface area contributed by atoms with Crippen LogP contribution in [0.1, 0.15) is 31.1 Å². The van der Waals surface area contributed by atoms with Gasteiger partial charge in [-0.25, -0.2) is 0 Å². The van der Waals surface area contributed by atoms with Crippen LogP contribution in [0.5, 0.6) is 5.75 Å². The molecule has 31 heavy (non-hydrogen) atoms. The normalized spacial score (nSPS) is 14.8. The predicted molar refractivity (Wildman–Crippen MR) is 112 cm³/mol. The van der Waals surface area contributed by atoms with Crippen molar-refractivity contribution in [3.05, 3.63) is 54.4 Å². The van der Waals surface area contributed by atoms with Gasteiger partial charge in [-0.1, -0.05) is 23.4 Å². The summed E-state index contributed by atoms with van der Waals surface area (Å²) in [5.41, 5.74) is 2.38. The SMILES string of the molecule is O=C(CCOc1ccccc1)N1CCC(c2nc(-c3ccc4n[nH]nc4c3)no2)CC1. The molecule has 3 heterocycles. The Bertz CT molecular complexity index is 1160. The van der Waals surface area contributed by atoms with Crippen LogP contribution in [0.25, 0.3) is 22.4 Å². The standard InChI is InChI=1S/C22H22N6O3/c29-20(10-13-30-17-4-2-1-3-5-17)28-11-8-15(9-12-28)22-23-21(26-31-22)16-6-7-18-19(14-16)25-27-24-18/h1-7,14-15H,8-13H2,(H,24,25,27). The fraction of sp³-hybridized carbons (Fsp3) is 0.318. The van der Waals surface area contributed by atoms with Crippen LogP contribution in [0.3, 0.4) is 0 Å². The van der Waals surface area contributed by atoms with Crippen molar-refractivity contribution in [2.75, 3.05) is 19.7 Å². The summed E-state index contributed by atoms with van der Waals surface area (Å²) in [6.45, 7) is 1.74. The Balaban J connectivity index is 1.14. The minimum Gasteiger partial charge on any atom is -0.493 e. The molecule has 5 rings (SSSR count). The molecule has 0 spiro atoms. The quantitative estimate of drug-likeness (QED) is 0.512. The van der Waals surface area contributed by atoms with Crippen molar-refractivity contribution in [1.29, 1.82) is 0 Å². The van der Waals surface area contributed by atoms with E-state index in [-0.39, 0.29) is 11.8 Å². The van der Waals surface area contributed by atoms with Gasteiger partial charge in [0.2, 0.25) is 17.6 Å². The number of aromatic amines is 1. The Hall–Kier alpha value is -3.75. The number of piperidine rings is 1. The van der Waals surface area contributed by atoms with Crippen LogP contribution in [0.2, 0.25) is 0 Å². The summed E-state index contributed by atoms with van der Waals surface area (Å²) in [6, 6.07) is 15.2. The fourth-order valence-corrected chi connectivity index (χ4v) is 3.80. The van der Waals surface area contributed by atoms with E-state index in [9.17, 15) is 4.79 Å². The molecule has 0 atom stereocenters. The summed E-state index contributed by atoms with van der Waals surface area (Å²) < 4.78 is 11.2. The molecule has 158 valence electrons. The summed E-state index contributed by atoms with van der Waals surface area (Å²) in [5.74, 6) is 2.21. The van der Waals surface area contributed by atoms with Gasteiger partial charge in [-0.15, -0.1) is 0 Å². The number of benzene rings is 2. The Morgan fingerprint density at radius 2 is 1.90 bits per heavy atom. The van der Waals surface area contributed by atoms with Gasteiger partial charge in [0.15, 0.2) is 0 Å². The van der Waals surface area contributed by atoms with E-state index in [2.05, 4.69) is 25.6 Å². The minimum atomic E-state index is 0.113. The number of hydrogen-bond donors (Lipinski definition) is 1. The molecule has 0 aliphatic carbocycles. The van der Waals surface area contributed by atoms with Crippen LogP contribution in [0.4, 0.5) is 0 Å². The highest BCUT2D eigenvalue weighted by Gasteiger charge is 2.27. The lowest BCUT2D eigenvalue weighted by Gasteiger charge is -2.30. The van der Waals surface area contributed by atoms with Crippen LogP contribution in [-0.2, 0) is 4.79 Å². The molecule has 0 radical (unpaired) electrons. The molecular weight excluding hydrogens is 396 g/mol. The highest BCUT2D eigenvalue weighted by molar-refractivity contribution is 5.79. The third-order valence-electron chi connectivity index (χ3n) is 5.54. The summed E-state index contributed by atoms with van der Waals surface area (Å²) in [7, 11) is 0. The number of amides is 1. The molecule has 1 saturated heterocycles. The number of para-hydroxylation sites is 1. The van der Waals surface area contributed by atoms with Gasteiger partial charge in [0.05, 0.1) is 13.0 Å². The van der Waals surface area contributed by atoms with Gasteiger partial charge in [0.1, 0.15) is 16.8 Å². The molecule has 4 aromatic rings. The first kappa shape index (κ1) is 19.2. The van der Waals surface area contributed by atoms with Gasteiger partial charge in [-0.3, -0.25) is 4.79 Å². The van der Waals surface area contributed by atoms with Crippen molar-refractivity contribution in [2.24, 2.45) is 0 Å². The molecule has 0 unspecified atom stereocenters. The van der Waals surface area contributed by atoms with Crippen LogP contribution >= 0.6 is 0 Å². The number of hydrogen-bond acceptors (Lipinski definition) is 7. The lowest BCUT2D eigenvalue weighted by Crippen LogP contribution is -2.38. The number of nitrogens with zero attached hydrogens (tertiary/aromatic N) is 5. The van der Waals surface area contributed by atoms with E-state index >= 15 is 0 Å². The second kappa shape index (κ2) is 8.55. The van der Waals surface area contributed by atoms with Crippen molar-refractivity contribution >= 4 is 16.9 Å². The van der Waals surface area contributed by atoms with Gasteiger partial charge in [0, 0.05) is 24.6 Å². The lowest BCUT2D eigenvalue weighted by atomic mass is 9.96. The monoisotopic (exact) mass is 418 g/mol. The van der Waals surface area contributed by atoms with E-state index in [4.69, 9.17) is 9.26 Å². The zero-order valence-electron chi connectivity index (χ0n) is 16.9. The summed E-state index contributed by atoms with van der Waals surface area (Å²) >= 11 is 0. The maximum Gasteiger partial charge on any atom is 0.230 e. The van der Waals surface area contributed by atoms with Crippen molar-refractivity contribution in [3.8, 4) is 17.1 Å². The molecule has 2 aromatic heterocycles. The minimum absolute atomic E-state index is 0.113. The van der Waals surface area contributed by atoms with Gasteiger partial charge < -0.3 is 14.2 Å². The molecule has 1 N–H and O–H groups in total. The number of carbonyl (C=O) groups is 1. The first-order valence-electron chi connectivity index (χ1n) is 10.4. The Morgan fingerprint density at radius 1 is 1.10 bits per heavy atom. The van der Waals surface area contributed by atoms with Crippen LogP contribution in [-0.4, -0.2) is 56.1 Å². The number of ether oxygens (including phenoxy) is 1. The average molecular weight is 418 g/mol. The number of fused-ring (bicyclic) bond motifs is 1. The zero-order chi connectivity index (χ0) is 21.0. The fourth-order valence-electron chi connectivity index (χ4n) is 3.80. The largest absolute Gasteiger partial charge is 0.493 e. The highest BCUT2D eigenvalue weighted by atomic mass is 16.5. The van der Waals surface area contributed by atoms with Crippen molar-refractivity contribution in [1.82, 2.24) is 30.5 Å². The van der Waals surface area contributed by atoms with Crippen molar-refractivity contribution < 1.29 is 14.1 Å². The van der Waals surface area contributed by atoms with Gasteiger partial charge in [-0.05, 0) is 43.2 Å². The van der Waals surface area contributed by atoms with Gasteiger partial charge in [0.25, 0.3) is 0 Å².